The Morgan fingerprint density at radius 2 is 2.11 bits per heavy atom. The molecular formula is C15H21IN2O. The Hall–Kier alpha value is -0.620. The lowest BCUT2D eigenvalue weighted by Gasteiger charge is -2.35. The minimum absolute atomic E-state index is 0.181. The van der Waals surface area contributed by atoms with Crippen molar-refractivity contribution < 1.29 is 4.79 Å². The van der Waals surface area contributed by atoms with Gasteiger partial charge in [0.1, 0.15) is 0 Å². The number of hydrogen-bond acceptors (Lipinski definition) is 2. The summed E-state index contributed by atoms with van der Waals surface area (Å²) >= 11 is 2.29. The van der Waals surface area contributed by atoms with Gasteiger partial charge in [0.2, 0.25) is 5.91 Å². The Morgan fingerprint density at radius 3 is 2.68 bits per heavy atom. The third-order valence-corrected chi connectivity index (χ3v) is 4.83. The minimum atomic E-state index is -0.194. The molecule has 0 atom stereocenters. The molecule has 0 unspecified atom stereocenters. The van der Waals surface area contributed by atoms with Crippen LogP contribution in [0.15, 0.2) is 18.2 Å². The van der Waals surface area contributed by atoms with Crippen LogP contribution >= 0.6 is 22.6 Å². The van der Waals surface area contributed by atoms with E-state index in [9.17, 15) is 4.79 Å². The SMILES string of the molecule is CCC1(C(=O)Nc2ccc(I)cc2C)CCNCC1. The summed E-state index contributed by atoms with van der Waals surface area (Å²) in [5.74, 6) is 0.181. The highest BCUT2D eigenvalue weighted by Crippen LogP contribution is 2.34. The number of benzene rings is 1. The van der Waals surface area contributed by atoms with Crippen molar-refractivity contribution >= 4 is 34.2 Å². The van der Waals surface area contributed by atoms with Crippen molar-refractivity contribution in [3.05, 3.63) is 27.3 Å². The summed E-state index contributed by atoms with van der Waals surface area (Å²) in [6.45, 7) is 6.03. The fourth-order valence-electron chi connectivity index (χ4n) is 2.67. The van der Waals surface area contributed by atoms with Crippen LogP contribution < -0.4 is 10.6 Å². The van der Waals surface area contributed by atoms with Crippen molar-refractivity contribution in [2.45, 2.75) is 33.1 Å². The maximum atomic E-state index is 12.6. The molecule has 1 aliphatic heterocycles. The van der Waals surface area contributed by atoms with Crippen LogP contribution in [-0.2, 0) is 4.79 Å². The molecule has 0 aliphatic carbocycles. The normalized spacial score (nSPS) is 18.1. The predicted molar refractivity (Wildman–Crippen MR) is 87.4 cm³/mol. The number of piperidine rings is 1. The van der Waals surface area contributed by atoms with E-state index in [1.807, 2.05) is 19.1 Å². The van der Waals surface area contributed by atoms with E-state index in [1.165, 1.54) is 3.57 Å². The van der Waals surface area contributed by atoms with Crippen LogP contribution in [-0.4, -0.2) is 19.0 Å². The third-order valence-electron chi connectivity index (χ3n) is 4.16. The molecule has 1 fully saturated rings. The molecule has 2 N–H and O–H groups in total. The predicted octanol–water partition coefficient (Wildman–Crippen LogP) is 3.32. The van der Waals surface area contributed by atoms with E-state index in [2.05, 4.69) is 46.2 Å². The first-order valence-electron chi connectivity index (χ1n) is 6.86. The van der Waals surface area contributed by atoms with Gasteiger partial charge in [0.05, 0.1) is 5.41 Å². The molecule has 0 bridgehead atoms. The van der Waals surface area contributed by atoms with Gasteiger partial charge in [-0.2, -0.15) is 0 Å². The van der Waals surface area contributed by atoms with Crippen molar-refractivity contribution in [3.63, 3.8) is 0 Å². The second-order valence-electron chi connectivity index (χ2n) is 5.30. The molecule has 1 aromatic rings. The standard InChI is InChI=1S/C15H21IN2O/c1-3-15(6-8-17-9-7-15)14(19)18-13-5-4-12(16)10-11(13)2/h4-5,10,17H,3,6-9H2,1-2H3,(H,18,19). The van der Waals surface area contributed by atoms with E-state index in [1.54, 1.807) is 0 Å². The summed E-state index contributed by atoms with van der Waals surface area (Å²) in [5, 5.41) is 6.46. The van der Waals surface area contributed by atoms with Gasteiger partial charge in [0, 0.05) is 9.26 Å². The largest absolute Gasteiger partial charge is 0.325 e. The average Bonchev–Trinajstić information content (AvgIpc) is 2.42. The van der Waals surface area contributed by atoms with E-state index >= 15 is 0 Å². The summed E-state index contributed by atoms with van der Waals surface area (Å²) in [4.78, 5) is 12.6. The fraction of sp³-hybridized carbons (Fsp3) is 0.533. The number of amides is 1. The van der Waals surface area contributed by atoms with Crippen molar-refractivity contribution in [2.24, 2.45) is 5.41 Å². The molecule has 0 radical (unpaired) electrons. The van der Waals surface area contributed by atoms with Crippen molar-refractivity contribution in [3.8, 4) is 0 Å². The molecule has 1 aliphatic rings. The summed E-state index contributed by atoms with van der Waals surface area (Å²) in [5.41, 5.74) is 1.87. The van der Waals surface area contributed by atoms with Gasteiger partial charge in [-0.25, -0.2) is 0 Å². The number of aryl methyl sites for hydroxylation is 1. The number of carbonyl (C=O) groups is 1. The number of carbonyl (C=O) groups excluding carboxylic acids is 1. The molecule has 104 valence electrons. The number of hydrogen-bond donors (Lipinski definition) is 2. The highest BCUT2D eigenvalue weighted by molar-refractivity contribution is 14.1. The number of nitrogens with one attached hydrogen (secondary N) is 2. The molecule has 1 amide bonds. The first kappa shape index (κ1) is 14.8. The maximum Gasteiger partial charge on any atom is 0.230 e. The van der Waals surface area contributed by atoms with E-state index in [-0.39, 0.29) is 11.3 Å². The summed E-state index contributed by atoms with van der Waals surface area (Å²) in [7, 11) is 0. The highest BCUT2D eigenvalue weighted by Gasteiger charge is 2.37. The third kappa shape index (κ3) is 3.28. The van der Waals surface area contributed by atoms with E-state index in [4.69, 9.17) is 0 Å². The monoisotopic (exact) mass is 372 g/mol. The second-order valence-corrected chi connectivity index (χ2v) is 6.54. The molecule has 0 spiro atoms. The smallest absolute Gasteiger partial charge is 0.230 e. The average molecular weight is 372 g/mol. The molecule has 1 aromatic carbocycles. The molecule has 0 saturated carbocycles. The van der Waals surface area contributed by atoms with Gasteiger partial charge in [0.15, 0.2) is 0 Å². The van der Waals surface area contributed by atoms with E-state index in [0.717, 1.165) is 43.6 Å². The lowest BCUT2D eigenvalue weighted by atomic mass is 9.76. The molecule has 2 rings (SSSR count). The van der Waals surface area contributed by atoms with Crippen molar-refractivity contribution in [1.29, 1.82) is 0 Å². The number of halogens is 1. The topological polar surface area (TPSA) is 41.1 Å². The van der Waals surface area contributed by atoms with Crippen LogP contribution in [0, 0.1) is 15.9 Å². The molecular weight excluding hydrogens is 351 g/mol. The van der Waals surface area contributed by atoms with E-state index < -0.39 is 0 Å². The molecule has 3 nitrogen and oxygen atoms in total. The van der Waals surface area contributed by atoms with Crippen molar-refractivity contribution in [1.82, 2.24) is 5.32 Å². The Morgan fingerprint density at radius 1 is 1.42 bits per heavy atom. The highest BCUT2D eigenvalue weighted by atomic mass is 127. The fourth-order valence-corrected chi connectivity index (χ4v) is 3.32. The summed E-state index contributed by atoms with van der Waals surface area (Å²) in [6.07, 6.45) is 2.77. The quantitative estimate of drug-likeness (QED) is 0.800. The Balaban J connectivity index is 2.15. The van der Waals surface area contributed by atoms with Crippen LogP contribution in [0.5, 0.6) is 0 Å². The molecule has 1 heterocycles. The lowest BCUT2D eigenvalue weighted by Crippen LogP contribution is -2.44. The first-order chi connectivity index (χ1) is 9.07. The second kappa shape index (κ2) is 6.22. The van der Waals surface area contributed by atoms with Gasteiger partial charge >= 0.3 is 0 Å². The van der Waals surface area contributed by atoms with Crippen LogP contribution in [0.3, 0.4) is 0 Å². The van der Waals surface area contributed by atoms with E-state index in [0.29, 0.717) is 0 Å². The summed E-state index contributed by atoms with van der Waals surface area (Å²) in [6, 6.07) is 6.13. The Labute approximate surface area is 128 Å². The van der Waals surface area contributed by atoms with Gasteiger partial charge in [-0.15, -0.1) is 0 Å². The minimum Gasteiger partial charge on any atom is -0.325 e. The zero-order chi connectivity index (χ0) is 13.9. The van der Waals surface area contributed by atoms with Crippen molar-refractivity contribution in [2.75, 3.05) is 18.4 Å². The number of rotatable bonds is 3. The Kier molecular flexibility index (Phi) is 4.84. The van der Waals surface area contributed by atoms with Gasteiger partial charge < -0.3 is 10.6 Å². The number of anilines is 1. The molecule has 4 heteroatoms. The van der Waals surface area contributed by atoms with Gasteiger partial charge in [-0.3, -0.25) is 4.79 Å². The lowest BCUT2D eigenvalue weighted by molar-refractivity contribution is -0.127. The molecule has 1 saturated heterocycles. The van der Waals surface area contributed by atoms with Crippen LogP contribution in [0.4, 0.5) is 5.69 Å². The van der Waals surface area contributed by atoms with Gasteiger partial charge in [-0.1, -0.05) is 6.92 Å². The summed E-state index contributed by atoms with van der Waals surface area (Å²) < 4.78 is 1.19. The van der Waals surface area contributed by atoms with Gasteiger partial charge in [0.25, 0.3) is 0 Å². The van der Waals surface area contributed by atoms with Crippen LogP contribution in [0.1, 0.15) is 31.7 Å². The first-order valence-corrected chi connectivity index (χ1v) is 7.93. The van der Waals surface area contributed by atoms with Crippen LogP contribution in [0.25, 0.3) is 0 Å². The Bertz CT molecular complexity index is 467. The maximum absolute atomic E-state index is 12.6. The molecule has 0 aromatic heterocycles. The molecule has 19 heavy (non-hydrogen) atoms. The van der Waals surface area contributed by atoms with Crippen LogP contribution in [0.2, 0.25) is 0 Å². The zero-order valence-corrected chi connectivity index (χ0v) is 13.7. The van der Waals surface area contributed by atoms with Gasteiger partial charge in [-0.05, 0) is 85.6 Å². The zero-order valence-electron chi connectivity index (χ0n) is 11.6.